The van der Waals surface area contributed by atoms with E-state index in [1.807, 2.05) is 41.5 Å². The molecule has 104 heavy (non-hydrogen) atoms. The summed E-state index contributed by atoms with van der Waals surface area (Å²) in [4.78, 5) is 193. The number of rotatable bonds is 16. The van der Waals surface area contributed by atoms with Crippen LogP contribution in [0, 0.1) is 35.5 Å². The van der Waals surface area contributed by atoms with Gasteiger partial charge in [0.2, 0.25) is 70.9 Å². The van der Waals surface area contributed by atoms with Crippen LogP contribution < -0.4 is 21.3 Å². The van der Waals surface area contributed by atoms with Gasteiger partial charge in [-0.3, -0.25) is 57.5 Å². The van der Waals surface area contributed by atoms with E-state index in [9.17, 15) is 19.5 Å². The second-order valence-corrected chi connectivity index (χ2v) is 33.9. The van der Waals surface area contributed by atoms with Crippen LogP contribution in [0.2, 0.25) is 0 Å². The molecule has 3 heterocycles. The number of aliphatic hydroxyl groups is 1. The van der Waals surface area contributed by atoms with E-state index in [1.165, 1.54) is 64.5 Å². The van der Waals surface area contributed by atoms with Crippen LogP contribution in [0.15, 0.2) is 0 Å². The molecule has 590 valence electrons. The topological polar surface area (TPSA) is 308 Å². The standard InChI is InChI=1S/C78H134N12O14/c1-49(2)40-56-72(98)85(13)61(42-51(5)6)71(97)82-67(52(7)91)77(103)83(11)47-66(93)84(12)60(41-50(3)4)68(94)81-58(48-104-78(8,9)10)73(99)88(16)64(45-55-34-25-19-26-35-55)76(102)87(15)63(44-54-32-23-18-24-33-54)70(96)80-57(74(100)89-37-27-20-28-38-89)46-65(92)90-39-29-36-59(90)75(101)86(14)62(69(95)79-56)43-53-30-21-17-22-31-53/h49-64,67,91H,17-48H2,1-16H3,(H,79,95)(H,80,96)(H,81,94)(H,82,97)/t52-,56+,57+,58+,59+,60+,61+,62+,63+,64+,67+/m1/s1. The number of fused-ring (bicyclic) bond motifs is 1. The molecule has 0 unspecified atom stereocenters. The SMILES string of the molecule is CC(C)C[C@@H]1NC(=O)[C@H](CC2CCCCC2)N(C)C(=O)[C@@H]2CCCN2C(=O)C[C@@H](C(=O)N2CCCCC2)NC(=O)[C@H](CC2CCCCC2)N(C)C(=O)[C@H](CC2CCCCC2)N(C)C(=O)[C@H](COC(C)(C)C)NC(=O)[C@H](CC(C)C)N(C)C(=O)CN(C)C(=O)[C@H]([C@@H](C)O)NC(=O)[C@H](CC(C)C)N(C)C1=O. The fraction of sp³-hybridized carbons (Fsp3) is 0.846. The van der Waals surface area contributed by atoms with Crippen LogP contribution in [-0.4, -0.2) is 262 Å². The summed E-state index contributed by atoms with van der Waals surface area (Å²) in [6.45, 7) is 17.9. The number of carbonyl (C=O) groups is 12. The zero-order valence-corrected chi connectivity index (χ0v) is 66.3. The molecule has 3 aliphatic carbocycles. The zero-order chi connectivity index (χ0) is 77.0. The van der Waals surface area contributed by atoms with Gasteiger partial charge in [0.1, 0.15) is 60.4 Å². The van der Waals surface area contributed by atoms with Crippen molar-refractivity contribution in [2.24, 2.45) is 35.5 Å². The van der Waals surface area contributed by atoms with Crippen LogP contribution in [0.5, 0.6) is 0 Å². The number of ether oxygens (including phenoxy) is 1. The van der Waals surface area contributed by atoms with Crippen molar-refractivity contribution in [2.75, 3.05) is 75.1 Å². The van der Waals surface area contributed by atoms with E-state index in [1.54, 1.807) is 39.8 Å². The third-order valence-electron chi connectivity index (χ3n) is 22.8. The molecular weight excluding hydrogens is 1330 g/mol. The summed E-state index contributed by atoms with van der Waals surface area (Å²) in [5.74, 6) is -8.08. The van der Waals surface area contributed by atoms with Crippen molar-refractivity contribution in [3.05, 3.63) is 0 Å². The van der Waals surface area contributed by atoms with Crippen molar-refractivity contribution < 1.29 is 67.4 Å². The Balaban J connectivity index is 1.50. The lowest BCUT2D eigenvalue weighted by Gasteiger charge is -2.39. The van der Waals surface area contributed by atoms with Gasteiger partial charge < -0.3 is 70.3 Å². The molecule has 0 bridgehead atoms. The molecule has 3 aliphatic heterocycles. The minimum atomic E-state index is -1.63. The Labute approximate surface area is 621 Å². The zero-order valence-electron chi connectivity index (χ0n) is 66.3. The van der Waals surface area contributed by atoms with E-state index in [-0.39, 0.29) is 93.6 Å². The van der Waals surface area contributed by atoms with E-state index < -0.39 is 156 Å². The molecule has 3 saturated heterocycles. The predicted octanol–water partition coefficient (Wildman–Crippen LogP) is 6.17. The predicted molar refractivity (Wildman–Crippen MR) is 397 cm³/mol. The summed E-state index contributed by atoms with van der Waals surface area (Å²) in [6.07, 6.45) is 15.5. The summed E-state index contributed by atoms with van der Waals surface area (Å²) in [5, 5.41) is 23.0. The maximum absolute atomic E-state index is 16.0. The first-order valence-electron chi connectivity index (χ1n) is 39.7. The molecular formula is C78H134N12O14. The second kappa shape index (κ2) is 40.5. The van der Waals surface area contributed by atoms with Crippen molar-refractivity contribution in [3.8, 4) is 0 Å². The third kappa shape index (κ3) is 24.8. The lowest BCUT2D eigenvalue weighted by molar-refractivity contribution is -0.152. The minimum Gasteiger partial charge on any atom is -0.391 e. The van der Waals surface area contributed by atoms with Crippen molar-refractivity contribution in [3.63, 3.8) is 0 Å². The van der Waals surface area contributed by atoms with Gasteiger partial charge in [0.05, 0.1) is 31.3 Å². The van der Waals surface area contributed by atoms with E-state index in [4.69, 9.17) is 4.74 Å². The molecule has 6 aliphatic rings. The fourth-order valence-corrected chi connectivity index (χ4v) is 16.5. The number of aliphatic hydroxyl groups excluding tert-OH is 1. The summed E-state index contributed by atoms with van der Waals surface area (Å²) in [5.41, 5.74) is -0.825. The number of likely N-dealkylation sites (N-methyl/N-ethyl adjacent to an activating group) is 6. The molecule has 12 amide bonds. The molecule has 26 heteroatoms. The van der Waals surface area contributed by atoms with Crippen molar-refractivity contribution in [1.82, 2.24) is 60.5 Å². The van der Waals surface area contributed by atoms with Crippen LogP contribution in [0.3, 0.4) is 0 Å². The van der Waals surface area contributed by atoms with Crippen molar-refractivity contribution in [1.29, 1.82) is 0 Å². The second-order valence-electron chi connectivity index (χ2n) is 33.9. The molecule has 0 aromatic heterocycles. The Morgan fingerprint density at radius 3 is 1.35 bits per heavy atom. The Morgan fingerprint density at radius 1 is 0.442 bits per heavy atom. The molecule has 0 radical (unpaired) electrons. The Hall–Kier alpha value is -6.44. The smallest absolute Gasteiger partial charge is 0.248 e. The molecule has 6 rings (SSSR count). The van der Waals surface area contributed by atoms with Gasteiger partial charge in [-0.1, -0.05) is 138 Å². The van der Waals surface area contributed by atoms with Crippen LogP contribution in [-0.2, 0) is 62.3 Å². The molecule has 3 saturated carbocycles. The summed E-state index contributed by atoms with van der Waals surface area (Å²) in [7, 11) is 8.81. The summed E-state index contributed by atoms with van der Waals surface area (Å²) < 4.78 is 6.29. The maximum atomic E-state index is 16.0. The summed E-state index contributed by atoms with van der Waals surface area (Å²) >= 11 is 0. The molecule has 0 spiro atoms. The number of nitrogens with zero attached hydrogens (tertiary/aromatic N) is 8. The van der Waals surface area contributed by atoms with Gasteiger partial charge in [0.15, 0.2) is 0 Å². The van der Waals surface area contributed by atoms with Gasteiger partial charge in [-0.2, -0.15) is 0 Å². The summed E-state index contributed by atoms with van der Waals surface area (Å²) in [6, 6.07) is -12.6. The fourth-order valence-electron chi connectivity index (χ4n) is 16.5. The monoisotopic (exact) mass is 1460 g/mol. The number of nitrogens with one attached hydrogen (secondary N) is 4. The van der Waals surface area contributed by atoms with Crippen molar-refractivity contribution in [2.45, 2.75) is 315 Å². The molecule has 0 aromatic carbocycles. The Bertz CT molecular complexity index is 2900. The highest BCUT2D eigenvalue weighted by Gasteiger charge is 2.46. The minimum absolute atomic E-state index is 0.0127. The first-order valence-corrected chi connectivity index (χ1v) is 39.7. The van der Waals surface area contributed by atoms with Crippen LogP contribution in [0.25, 0.3) is 0 Å². The van der Waals surface area contributed by atoms with E-state index in [0.29, 0.717) is 32.4 Å². The number of likely N-dealkylation sites (tertiary alicyclic amines) is 1. The normalized spacial score (nSPS) is 28.5. The lowest BCUT2D eigenvalue weighted by Crippen LogP contribution is -2.62. The number of hydrogen-bond donors (Lipinski definition) is 5. The first-order chi connectivity index (χ1) is 49.0. The average Bonchev–Trinajstić information content (AvgIpc) is 1.78. The Morgan fingerprint density at radius 2 is 0.856 bits per heavy atom. The van der Waals surface area contributed by atoms with Crippen LogP contribution in [0.4, 0.5) is 0 Å². The molecule has 0 aromatic rings. The van der Waals surface area contributed by atoms with Gasteiger partial charge in [-0.15, -0.1) is 0 Å². The van der Waals surface area contributed by atoms with Gasteiger partial charge in [0, 0.05) is 61.9 Å². The number of amides is 12. The molecule has 6 fully saturated rings. The van der Waals surface area contributed by atoms with Crippen molar-refractivity contribution >= 4 is 70.9 Å². The molecule has 26 nitrogen and oxygen atoms in total. The largest absolute Gasteiger partial charge is 0.391 e. The lowest BCUT2D eigenvalue weighted by atomic mass is 9.83. The van der Waals surface area contributed by atoms with Gasteiger partial charge in [0.25, 0.3) is 0 Å². The van der Waals surface area contributed by atoms with Gasteiger partial charge in [-0.25, -0.2) is 0 Å². The average molecular weight is 1460 g/mol. The van der Waals surface area contributed by atoms with E-state index >= 15 is 43.2 Å². The third-order valence-corrected chi connectivity index (χ3v) is 22.8. The quantitative estimate of drug-likeness (QED) is 0.115. The van der Waals surface area contributed by atoms with Crippen LogP contribution in [0.1, 0.15) is 243 Å². The number of hydrogen-bond acceptors (Lipinski definition) is 14. The van der Waals surface area contributed by atoms with Gasteiger partial charge in [-0.05, 0) is 134 Å². The molecule has 11 atom stereocenters. The molecule has 5 N–H and O–H groups in total. The highest BCUT2D eigenvalue weighted by Crippen LogP contribution is 2.34. The van der Waals surface area contributed by atoms with Crippen LogP contribution >= 0.6 is 0 Å². The highest BCUT2D eigenvalue weighted by atomic mass is 16.5. The Kier molecular flexibility index (Phi) is 33.7. The maximum Gasteiger partial charge on any atom is 0.248 e. The number of carbonyl (C=O) groups excluding carboxylic acids is 12. The van der Waals surface area contributed by atoms with Gasteiger partial charge >= 0.3 is 0 Å². The van der Waals surface area contributed by atoms with E-state index in [2.05, 4.69) is 21.3 Å². The first kappa shape index (κ1) is 86.5. The number of piperidine rings is 1. The highest BCUT2D eigenvalue weighted by molar-refractivity contribution is 6.00. The van der Waals surface area contributed by atoms with E-state index in [0.717, 1.165) is 108 Å².